The molecule has 1 aliphatic rings. The number of rotatable bonds is 3. The van der Waals surface area contributed by atoms with Crippen LogP contribution in [0.1, 0.15) is 22.3 Å². The molecule has 112 valence electrons. The topological polar surface area (TPSA) is 57.6 Å². The summed E-state index contributed by atoms with van der Waals surface area (Å²) in [6, 6.07) is 13.5. The number of ketones is 1. The van der Waals surface area contributed by atoms with Crippen LogP contribution < -0.4 is 4.90 Å². The van der Waals surface area contributed by atoms with Crippen molar-refractivity contribution in [2.75, 3.05) is 11.9 Å². The highest BCUT2D eigenvalue weighted by molar-refractivity contribution is 6.31. The van der Waals surface area contributed by atoms with E-state index in [1.165, 1.54) is 11.0 Å². The maximum Gasteiger partial charge on any atom is 0.263 e. The molecule has 1 aliphatic heterocycles. The van der Waals surface area contributed by atoms with Crippen molar-refractivity contribution in [1.29, 1.82) is 0 Å². The summed E-state index contributed by atoms with van der Waals surface area (Å²) < 4.78 is 0. The monoisotopic (exact) mass is 315 g/mol. The molecule has 4 nitrogen and oxygen atoms in total. The second-order valence-electron chi connectivity index (χ2n) is 5.35. The van der Waals surface area contributed by atoms with E-state index in [1.54, 1.807) is 49.5 Å². The molecule has 3 rings (SSSR count). The van der Waals surface area contributed by atoms with Crippen LogP contribution in [0.3, 0.4) is 0 Å². The molecule has 0 spiro atoms. The number of Topliss-reactive ketones (excluding diaryl/α,β-unsaturated/α-hetero) is 1. The molecule has 5 heteroatoms. The minimum atomic E-state index is -1.87. The Labute approximate surface area is 132 Å². The molecule has 0 fully saturated rings. The van der Waals surface area contributed by atoms with E-state index in [2.05, 4.69) is 0 Å². The lowest BCUT2D eigenvalue weighted by Gasteiger charge is -2.21. The molecule has 1 atom stereocenters. The van der Waals surface area contributed by atoms with Gasteiger partial charge in [-0.3, -0.25) is 9.59 Å². The zero-order valence-corrected chi connectivity index (χ0v) is 12.7. The number of aliphatic hydroxyl groups is 1. The summed E-state index contributed by atoms with van der Waals surface area (Å²) in [5.41, 5.74) is -0.474. The van der Waals surface area contributed by atoms with E-state index < -0.39 is 11.5 Å². The first kappa shape index (κ1) is 14.8. The lowest BCUT2D eigenvalue weighted by atomic mass is 9.88. The van der Waals surface area contributed by atoms with Crippen molar-refractivity contribution in [3.63, 3.8) is 0 Å². The van der Waals surface area contributed by atoms with Gasteiger partial charge in [0.15, 0.2) is 11.4 Å². The van der Waals surface area contributed by atoms with Gasteiger partial charge in [0, 0.05) is 23.2 Å². The van der Waals surface area contributed by atoms with E-state index in [1.807, 2.05) is 0 Å². The van der Waals surface area contributed by atoms with Crippen molar-refractivity contribution in [2.24, 2.45) is 0 Å². The maximum absolute atomic E-state index is 12.4. The number of hydrogen-bond donors (Lipinski definition) is 1. The molecule has 0 saturated heterocycles. The number of anilines is 1. The van der Waals surface area contributed by atoms with Gasteiger partial charge in [0.25, 0.3) is 5.91 Å². The molecule has 0 bridgehead atoms. The van der Waals surface area contributed by atoms with Gasteiger partial charge in [-0.15, -0.1) is 0 Å². The second-order valence-corrected chi connectivity index (χ2v) is 5.79. The summed E-state index contributed by atoms with van der Waals surface area (Å²) in [6.07, 6.45) is -0.312. The van der Waals surface area contributed by atoms with Crippen LogP contribution in [-0.2, 0) is 10.4 Å². The third-order valence-electron chi connectivity index (χ3n) is 3.94. The standard InChI is InChI=1S/C17H14ClNO3/c1-19-14-8-7-12(18)9-13(14)17(22,16(19)21)10-15(20)11-5-3-2-4-6-11/h2-9,22H,10H2,1H3/t17-/m1/s1. The Hall–Kier alpha value is -2.17. The van der Waals surface area contributed by atoms with E-state index in [4.69, 9.17) is 11.6 Å². The van der Waals surface area contributed by atoms with Gasteiger partial charge >= 0.3 is 0 Å². The SMILES string of the molecule is CN1C(=O)[C@@](O)(CC(=O)c2ccccc2)c2cc(Cl)ccc21. The largest absolute Gasteiger partial charge is 0.375 e. The molecule has 2 aromatic carbocycles. The van der Waals surface area contributed by atoms with Crippen molar-refractivity contribution >= 4 is 29.0 Å². The number of likely N-dealkylation sites (N-methyl/N-ethyl adjacent to an activating group) is 1. The number of benzene rings is 2. The van der Waals surface area contributed by atoms with Gasteiger partial charge in [0.05, 0.1) is 12.1 Å². The molecule has 2 aromatic rings. The zero-order chi connectivity index (χ0) is 15.9. The molecule has 1 heterocycles. The fourth-order valence-corrected chi connectivity index (χ4v) is 2.94. The van der Waals surface area contributed by atoms with Gasteiger partial charge in [-0.25, -0.2) is 0 Å². The molecule has 0 aliphatic carbocycles. The maximum atomic E-state index is 12.4. The summed E-state index contributed by atoms with van der Waals surface area (Å²) in [5, 5.41) is 11.3. The number of carbonyl (C=O) groups is 2. The first-order valence-corrected chi connectivity index (χ1v) is 7.20. The number of hydrogen-bond acceptors (Lipinski definition) is 3. The van der Waals surface area contributed by atoms with Crippen LogP contribution in [0.15, 0.2) is 48.5 Å². The third-order valence-corrected chi connectivity index (χ3v) is 4.17. The molecule has 1 amide bonds. The average Bonchev–Trinajstić information content (AvgIpc) is 2.70. The van der Waals surface area contributed by atoms with Crippen molar-refractivity contribution in [3.05, 3.63) is 64.7 Å². The van der Waals surface area contributed by atoms with Crippen LogP contribution in [0.2, 0.25) is 5.02 Å². The van der Waals surface area contributed by atoms with E-state index in [-0.39, 0.29) is 12.2 Å². The van der Waals surface area contributed by atoms with Crippen molar-refractivity contribution in [3.8, 4) is 0 Å². The summed E-state index contributed by atoms with van der Waals surface area (Å²) in [4.78, 5) is 26.2. The van der Waals surface area contributed by atoms with Gasteiger partial charge in [0.2, 0.25) is 0 Å². The predicted molar refractivity (Wildman–Crippen MR) is 84.1 cm³/mol. The Morgan fingerprint density at radius 2 is 1.91 bits per heavy atom. The van der Waals surface area contributed by atoms with Crippen molar-refractivity contribution in [1.82, 2.24) is 0 Å². The fraction of sp³-hybridized carbons (Fsp3) is 0.176. The van der Waals surface area contributed by atoms with E-state index >= 15 is 0 Å². The second kappa shape index (κ2) is 5.23. The lowest BCUT2D eigenvalue weighted by Crippen LogP contribution is -2.40. The molecule has 22 heavy (non-hydrogen) atoms. The Morgan fingerprint density at radius 3 is 2.59 bits per heavy atom. The van der Waals surface area contributed by atoms with Crippen LogP contribution >= 0.6 is 11.6 Å². The molecular weight excluding hydrogens is 302 g/mol. The third kappa shape index (κ3) is 2.21. The Bertz CT molecular complexity index is 760. The summed E-state index contributed by atoms with van der Waals surface area (Å²) in [7, 11) is 1.57. The first-order valence-electron chi connectivity index (χ1n) is 6.82. The van der Waals surface area contributed by atoms with Crippen LogP contribution in [0, 0.1) is 0 Å². The quantitative estimate of drug-likeness (QED) is 0.886. The smallest absolute Gasteiger partial charge is 0.263 e. The Balaban J connectivity index is 2.01. The van der Waals surface area contributed by atoms with Crippen molar-refractivity contribution < 1.29 is 14.7 Å². The zero-order valence-electron chi connectivity index (χ0n) is 11.9. The summed E-state index contributed by atoms with van der Waals surface area (Å²) >= 11 is 5.97. The molecule has 1 N–H and O–H groups in total. The predicted octanol–water partition coefficient (Wildman–Crippen LogP) is 2.78. The van der Waals surface area contributed by atoms with Crippen LogP contribution in [0.4, 0.5) is 5.69 Å². The average molecular weight is 316 g/mol. The van der Waals surface area contributed by atoms with Crippen molar-refractivity contribution in [2.45, 2.75) is 12.0 Å². The number of carbonyl (C=O) groups excluding carboxylic acids is 2. The van der Waals surface area contributed by atoms with Gasteiger partial charge in [-0.1, -0.05) is 41.9 Å². The summed E-state index contributed by atoms with van der Waals surface area (Å²) in [6.45, 7) is 0. The number of amides is 1. The minimum absolute atomic E-state index is 0.294. The Morgan fingerprint density at radius 1 is 1.23 bits per heavy atom. The summed E-state index contributed by atoms with van der Waals surface area (Å²) in [5.74, 6) is -0.813. The molecular formula is C17H14ClNO3. The fourth-order valence-electron chi connectivity index (χ4n) is 2.76. The molecule has 0 saturated carbocycles. The van der Waals surface area contributed by atoms with E-state index in [0.717, 1.165) is 0 Å². The molecule has 0 aromatic heterocycles. The van der Waals surface area contributed by atoms with Gasteiger partial charge in [-0.05, 0) is 18.2 Å². The Kier molecular flexibility index (Phi) is 3.51. The highest BCUT2D eigenvalue weighted by atomic mass is 35.5. The minimum Gasteiger partial charge on any atom is -0.375 e. The van der Waals surface area contributed by atoms with E-state index in [9.17, 15) is 14.7 Å². The normalized spacial score (nSPS) is 20.1. The lowest BCUT2D eigenvalue weighted by molar-refractivity contribution is -0.135. The van der Waals surface area contributed by atoms with Gasteiger partial charge < -0.3 is 10.0 Å². The highest BCUT2D eigenvalue weighted by Gasteiger charge is 2.49. The first-order chi connectivity index (χ1) is 10.4. The number of fused-ring (bicyclic) bond motifs is 1. The van der Waals surface area contributed by atoms with Crippen LogP contribution in [-0.4, -0.2) is 23.8 Å². The molecule has 0 radical (unpaired) electrons. The number of halogens is 1. The highest BCUT2D eigenvalue weighted by Crippen LogP contribution is 2.43. The van der Waals surface area contributed by atoms with E-state index in [0.29, 0.717) is 21.8 Å². The number of nitrogens with zero attached hydrogens (tertiary/aromatic N) is 1. The van der Waals surface area contributed by atoms with Gasteiger partial charge in [-0.2, -0.15) is 0 Å². The molecule has 0 unspecified atom stereocenters. The van der Waals surface area contributed by atoms with Gasteiger partial charge in [0.1, 0.15) is 0 Å². The van der Waals surface area contributed by atoms with Crippen LogP contribution in [0.25, 0.3) is 0 Å². The van der Waals surface area contributed by atoms with Crippen LogP contribution in [0.5, 0.6) is 0 Å².